The van der Waals surface area contributed by atoms with Crippen LogP contribution in [0.25, 0.3) is 0 Å². The molecular formula is C15H17Cl2N3O3S. The van der Waals surface area contributed by atoms with Crippen LogP contribution in [0.5, 0.6) is 0 Å². The van der Waals surface area contributed by atoms with Crippen LogP contribution in [0, 0.1) is 0 Å². The lowest BCUT2D eigenvalue weighted by atomic mass is 10.0. The molecule has 9 heteroatoms. The number of benzene rings is 1. The van der Waals surface area contributed by atoms with Crippen molar-refractivity contribution in [3.63, 3.8) is 0 Å². The number of aromatic nitrogens is 1. The van der Waals surface area contributed by atoms with Crippen molar-refractivity contribution in [2.75, 3.05) is 12.3 Å². The van der Waals surface area contributed by atoms with Crippen molar-refractivity contribution in [1.82, 2.24) is 14.8 Å². The number of nitrogens with zero attached hydrogens (tertiary/aromatic N) is 1. The number of halogens is 2. The van der Waals surface area contributed by atoms with Gasteiger partial charge in [0.15, 0.2) is 0 Å². The lowest BCUT2D eigenvalue weighted by Gasteiger charge is -2.29. The van der Waals surface area contributed by atoms with E-state index in [-0.39, 0.29) is 12.3 Å². The summed E-state index contributed by atoms with van der Waals surface area (Å²) in [5, 5.41) is 10.2. The molecule has 3 N–H and O–H groups in total. The van der Waals surface area contributed by atoms with E-state index in [0.717, 1.165) is 11.1 Å². The van der Waals surface area contributed by atoms with Gasteiger partial charge in [0.1, 0.15) is 0 Å². The average molecular weight is 390 g/mol. The van der Waals surface area contributed by atoms with Crippen LogP contribution in [0.4, 0.5) is 0 Å². The Labute approximate surface area is 150 Å². The Morgan fingerprint density at radius 3 is 2.62 bits per heavy atom. The predicted octanol–water partition coefficient (Wildman–Crippen LogP) is 2.73. The first kappa shape index (κ1) is 17.7. The van der Waals surface area contributed by atoms with E-state index in [0.29, 0.717) is 28.7 Å². The van der Waals surface area contributed by atoms with Gasteiger partial charge in [-0.25, -0.2) is 8.42 Å². The SMILES string of the molecule is O=S(=O)(CC(NO)c1ccc[nH]1)N1CCc2cc(Cl)c(Cl)cc2C1. The molecule has 1 unspecified atom stereocenters. The van der Waals surface area contributed by atoms with Crippen LogP contribution in [0.1, 0.15) is 22.9 Å². The first-order valence-electron chi connectivity index (χ1n) is 7.38. The number of fused-ring (bicyclic) bond motifs is 1. The number of hydrogen-bond acceptors (Lipinski definition) is 4. The Morgan fingerprint density at radius 2 is 2.00 bits per heavy atom. The van der Waals surface area contributed by atoms with Gasteiger partial charge in [-0.1, -0.05) is 23.2 Å². The van der Waals surface area contributed by atoms with Crippen molar-refractivity contribution in [2.24, 2.45) is 0 Å². The summed E-state index contributed by atoms with van der Waals surface area (Å²) in [7, 11) is -3.57. The molecular weight excluding hydrogens is 373 g/mol. The molecule has 1 atom stereocenters. The van der Waals surface area contributed by atoms with E-state index >= 15 is 0 Å². The zero-order chi connectivity index (χ0) is 17.3. The van der Waals surface area contributed by atoms with E-state index in [4.69, 9.17) is 23.2 Å². The highest BCUT2D eigenvalue weighted by Crippen LogP contribution is 2.30. The van der Waals surface area contributed by atoms with Gasteiger partial charge in [-0.05, 0) is 41.8 Å². The monoisotopic (exact) mass is 389 g/mol. The maximum absolute atomic E-state index is 12.7. The molecule has 1 aromatic heterocycles. The minimum Gasteiger partial charge on any atom is -0.364 e. The zero-order valence-corrected chi connectivity index (χ0v) is 15.0. The van der Waals surface area contributed by atoms with Gasteiger partial charge in [-0.15, -0.1) is 0 Å². The summed E-state index contributed by atoms with van der Waals surface area (Å²) in [6, 6.07) is 6.25. The highest BCUT2D eigenvalue weighted by molar-refractivity contribution is 7.89. The Bertz CT molecular complexity index is 825. The molecule has 0 spiro atoms. The smallest absolute Gasteiger partial charge is 0.216 e. The largest absolute Gasteiger partial charge is 0.364 e. The zero-order valence-electron chi connectivity index (χ0n) is 12.7. The molecule has 0 radical (unpaired) electrons. The molecule has 0 amide bonds. The summed E-state index contributed by atoms with van der Waals surface area (Å²) in [5.41, 5.74) is 4.53. The summed E-state index contributed by atoms with van der Waals surface area (Å²) < 4.78 is 26.8. The first-order chi connectivity index (χ1) is 11.4. The highest BCUT2D eigenvalue weighted by atomic mass is 35.5. The molecule has 6 nitrogen and oxygen atoms in total. The maximum Gasteiger partial charge on any atom is 0.216 e. The fraction of sp³-hybridized carbons (Fsp3) is 0.333. The third kappa shape index (κ3) is 3.61. The second-order valence-electron chi connectivity index (χ2n) is 5.70. The molecule has 1 aliphatic rings. The molecule has 1 aliphatic heterocycles. The fourth-order valence-corrected chi connectivity index (χ4v) is 4.80. The van der Waals surface area contributed by atoms with Crippen LogP contribution >= 0.6 is 23.2 Å². The predicted molar refractivity (Wildman–Crippen MR) is 92.8 cm³/mol. The highest BCUT2D eigenvalue weighted by Gasteiger charge is 2.30. The number of sulfonamides is 1. The van der Waals surface area contributed by atoms with Crippen molar-refractivity contribution in [1.29, 1.82) is 0 Å². The lowest BCUT2D eigenvalue weighted by Crippen LogP contribution is -2.40. The molecule has 0 saturated carbocycles. The van der Waals surface area contributed by atoms with Gasteiger partial charge in [-0.3, -0.25) is 0 Å². The summed E-state index contributed by atoms with van der Waals surface area (Å²) in [6.07, 6.45) is 2.25. The molecule has 2 heterocycles. The topological polar surface area (TPSA) is 85.4 Å². The number of hydrogen-bond donors (Lipinski definition) is 3. The molecule has 2 aromatic rings. The van der Waals surface area contributed by atoms with Crippen LogP contribution < -0.4 is 5.48 Å². The van der Waals surface area contributed by atoms with Crippen LogP contribution in [0.2, 0.25) is 10.0 Å². The van der Waals surface area contributed by atoms with Gasteiger partial charge in [0.25, 0.3) is 0 Å². The van der Waals surface area contributed by atoms with Crippen molar-refractivity contribution < 1.29 is 13.6 Å². The van der Waals surface area contributed by atoms with E-state index in [1.54, 1.807) is 30.5 Å². The second kappa shape index (κ2) is 7.03. The van der Waals surface area contributed by atoms with Crippen molar-refractivity contribution in [3.05, 3.63) is 57.3 Å². The Morgan fingerprint density at radius 1 is 1.29 bits per heavy atom. The molecule has 3 rings (SSSR count). The van der Waals surface area contributed by atoms with Crippen LogP contribution in [0.3, 0.4) is 0 Å². The lowest BCUT2D eigenvalue weighted by molar-refractivity contribution is 0.132. The van der Waals surface area contributed by atoms with Gasteiger partial charge in [0.05, 0.1) is 21.8 Å². The van der Waals surface area contributed by atoms with E-state index in [2.05, 4.69) is 10.5 Å². The molecule has 0 aliphatic carbocycles. The minimum absolute atomic E-state index is 0.247. The number of aromatic amines is 1. The Balaban J connectivity index is 1.79. The maximum atomic E-state index is 12.7. The molecule has 0 fully saturated rings. The summed E-state index contributed by atoms with van der Waals surface area (Å²) in [4.78, 5) is 2.91. The van der Waals surface area contributed by atoms with Gasteiger partial charge < -0.3 is 10.2 Å². The third-order valence-corrected chi connectivity index (χ3v) is 6.72. The molecule has 0 bridgehead atoms. The Hall–Kier alpha value is -1.09. The quantitative estimate of drug-likeness (QED) is 0.686. The molecule has 130 valence electrons. The minimum atomic E-state index is -3.57. The number of hydroxylamine groups is 1. The van der Waals surface area contributed by atoms with Gasteiger partial charge in [0, 0.05) is 25.0 Å². The second-order valence-corrected chi connectivity index (χ2v) is 8.53. The fourth-order valence-electron chi connectivity index (χ4n) is 2.83. The number of H-pyrrole nitrogens is 1. The normalized spacial score (nSPS) is 16.8. The average Bonchev–Trinajstić information content (AvgIpc) is 3.07. The van der Waals surface area contributed by atoms with Crippen LogP contribution in [-0.2, 0) is 23.0 Å². The van der Waals surface area contributed by atoms with Crippen molar-refractivity contribution >= 4 is 33.2 Å². The van der Waals surface area contributed by atoms with Crippen LogP contribution in [0.15, 0.2) is 30.5 Å². The summed E-state index contributed by atoms with van der Waals surface area (Å²) in [5.74, 6) is -0.249. The first-order valence-corrected chi connectivity index (χ1v) is 9.75. The van der Waals surface area contributed by atoms with Gasteiger partial charge in [0.2, 0.25) is 10.0 Å². The van der Waals surface area contributed by atoms with E-state index < -0.39 is 16.1 Å². The van der Waals surface area contributed by atoms with Gasteiger partial charge >= 0.3 is 0 Å². The number of rotatable bonds is 5. The van der Waals surface area contributed by atoms with E-state index in [1.807, 2.05) is 0 Å². The molecule has 24 heavy (non-hydrogen) atoms. The Kier molecular flexibility index (Phi) is 5.19. The summed E-state index contributed by atoms with van der Waals surface area (Å²) in [6.45, 7) is 0.619. The van der Waals surface area contributed by atoms with Crippen molar-refractivity contribution in [3.8, 4) is 0 Å². The molecule has 1 aromatic carbocycles. The van der Waals surface area contributed by atoms with Gasteiger partial charge in [-0.2, -0.15) is 9.79 Å². The summed E-state index contributed by atoms with van der Waals surface area (Å²) >= 11 is 12.0. The molecule has 0 saturated heterocycles. The third-order valence-electron chi connectivity index (χ3n) is 4.14. The standard InChI is InChI=1S/C15H17Cl2N3O3S/c16-12-6-10-3-5-20(8-11(10)7-13(12)17)24(22,23)9-15(19-21)14-2-1-4-18-14/h1-2,4,6-7,15,18-19,21H,3,5,8-9H2. The van der Waals surface area contributed by atoms with Crippen molar-refractivity contribution in [2.45, 2.75) is 19.0 Å². The van der Waals surface area contributed by atoms with E-state index in [1.165, 1.54) is 4.31 Å². The van der Waals surface area contributed by atoms with Crippen LogP contribution in [-0.4, -0.2) is 35.2 Å². The van der Waals surface area contributed by atoms with E-state index in [9.17, 15) is 13.6 Å². The number of nitrogens with one attached hydrogen (secondary N) is 2.